The minimum atomic E-state index is -0.245. The van der Waals surface area contributed by atoms with E-state index in [-0.39, 0.29) is 11.3 Å². The number of hydrogen-bond acceptors (Lipinski definition) is 3. The number of aromatic nitrogens is 1. The lowest BCUT2D eigenvalue weighted by Gasteiger charge is -2.57. The van der Waals surface area contributed by atoms with E-state index in [1.165, 1.54) is 49.5 Å². The van der Waals surface area contributed by atoms with Gasteiger partial charge in [-0.25, -0.2) is 4.98 Å². The number of benzene rings is 2. The Kier molecular flexibility index (Phi) is 5.21. The molecule has 0 aliphatic heterocycles. The highest BCUT2D eigenvalue weighted by Crippen LogP contribution is 2.61. The molecule has 174 valence electrons. The summed E-state index contributed by atoms with van der Waals surface area (Å²) in [7, 11) is 0. The second kappa shape index (κ2) is 8.16. The normalized spacial score (nSPS) is 27.1. The van der Waals surface area contributed by atoms with E-state index in [0.29, 0.717) is 10.7 Å². The van der Waals surface area contributed by atoms with Gasteiger partial charge in [0.15, 0.2) is 0 Å². The van der Waals surface area contributed by atoms with Crippen LogP contribution in [-0.4, -0.2) is 15.9 Å². The number of nitrogens with zero attached hydrogens (tertiary/aromatic N) is 1. The summed E-state index contributed by atoms with van der Waals surface area (Å²) in [5.41, 5.74) is 11.8. The number of thiocarbonyl (C=S) groups is 1. The smallest absolute Gasteiger partial charge is 0.287 e. The first kappa shape index (κ1) is 21.7. The van der Waals surface area contributed by atoms with Crippen LogP contribution in [0.2, 0.25) is 0 Å². The molecule has 5 heteroatoms. The molecule has 4 saturated carbocycles. The number of carbonyl (C=O) groups is 1. The molecule has 4 aliphatic carbocycles. The second-order valence-corrected chi connectivity index (χ2v) is 11.4. The topological polar surface area (TPSA) is 54.0 Å². The molecule has 4 aliphatic rings. The van der Waals surface area contributed by atoms with Gasteiger partial charge in [-0.3, -0.25) is 15.6 Å². The Morgan fingerprint density at radius 2 is 1.53 bits per heavy atom. The van der Waals surface area contributed by atoms with Gasteiger partial charge in [0.05, 0.1) is 5.52 Å². The zero-order chi connectivity index (χ0) is 23.4. The molecule has 1 amide bonds. The molecule has 4 nitrogen and oxygen atoms in total. The van der Waals surface area contributed by atoms with E-state index < -0.39 is 0 Å². The Bertz CT molecular complexity index is 1260. The van der Waals surface area contributed by atoms with Crippen LogP contribution in [0.4, 0.5) is 0 Å². The number of aryl methyl sites for hydroxylation is 2. The molecule has 1 aromatic heterocycles. The predicted octanol–water partition coefficient (Wildman–Crippen LogP) is 5.93. The average molecular weight is 470 g/mol. The van der Waals surface area contributed by atoms with Crippen molar-refractivity contribution in [3.05, 3.63) is 76.5 Å². The fourth-order valence-corrected chi connectivity index (χ4v) is 7.96. The van der Waals surface area contributed by atoms with Crippen LogP contribution in [0.25, 0.3) is 10.9 Å². The van der Waals surface area contributed by atoms with E-state index in [0.717, 1.165) is 40.0 Å². The molecule has 0 saturated heterocycles. The SMILES string of the molecule is Cc1cccc(C)c1C(=S)NNC(=O)c1cc(C23CC4CC(CC(C4)C2)C3)c2ccccc2n1. The molecule has 2 aromatic carbocycles. The van der Waals surface area contributed by atoms with Crippen LogP contribution >= 0.6 is 12.2 Å². The maximum atomic E-state index is 13.3. The lowest BCUT2D eigenvalue weighted by molar-refractivity contribution is -0.00454. The quantitative estimate of drug-likeness (QED) is 0.369. The van der Waals surface area contributed by atoms with Gasteiger partial charge >= 0.3 is 0 Å². The fourth-order valence-electron chi connectivity index (χ4n) is 7.58. The Morgan fingerprint density at radius 3 is 2.18 bits per heavy atom. The first-order chi connectivity index (χ1) is 16.4. The minimum Gasteiger partial charge on any atom is -0.287 e. The predicted molar refractivity (Wildman–Crippen MR) is 140 cm³/mol. The first-order valence-electron chi connectivity index (χ1n) is 12.5. The lowest BCUT2D eigenvalue weighted by Crippen LogP contribution is -2.48. The van der Waals surface area contributed by atoms with Crippen molar-refractivity contribution in [2.45, 2.75) is 57.8 Å². The van der Waals surface area contributed by atoms with Crippen LogP contribution in [0.3, 0.4) is 0 Å². The zero-order valence-corrected chi connectivity index (χ0v) is 20.7. The summed E-state index contributed by atoms with van der Waals surface area (Å²) in [6.07, 6.45) is 7.95. The van der Waals surface area contributed by atoms with Crippen molar-refractivity contribution in [1.82, 2.24) is 15.8 Å². The highest BCUT2D eigenvalue weighted by atomic mass is 32.1. The Hall–Kier alpha value is -2.79. The van der Waals surface area contributed by atoms with Crippen molar-refractivity contribution in [2.75, 3.05) is 0 Å². The van der Waals surface area contributed by atoms with E-state index in [1.54, 1.807) is 0 Å². The summed E-state index contributed by atoms with van der Waals surface area (Å²) in [4.78, 5) is 18.6. The fraction of sp³-hybridized carbons (Fsp3) is 0.414. The largest absolute Gasteiger partial charge is 0.288 e. The average Bonchev–Trinajstić information content (AvgIpc) is 2.81. The van der Waals surface area contributed by atoms with Crippen molar-refractivity contribution in [1.29, 1.82) is 0 Å². The van der Waals surface area contributed by atoms with E-state index >= 15 is 0 Å². The molecule has 0 spiro atoms. The minimum absolute atomic E-state index is 0.188. The van der Waals surface area contributed by atoms with Gasteiger partial charge in [0.25, 0.3) is 5.91 Å². The number of hydrazine groups is 1. The molecule has 0 atom stereocenters. The third kappa shape index (κ3) is 3.61. The second-order valence-electron chi connectivity index (χ2n) is 10.9. The van der Waals surface area contributed by atoms with Crippen molar-refractivity contribution in [2.24, 2.45) is 17.8 Å². The molecular formula is C29H31N3OS. The van der Waals surface area contributed by atoms with Gasteiger partial charge in [-0.1, -0.05) is 48.6 Å². The maximum absolute atomic E-state index is 13.3. The third-order valence-electron chi connectivity index (χ3n) is 8.56. The van der Waals surface area contributed by atoms with Gasteiger partial charge in [-0.05, 0) is 104 Å². The van der Waals surface area contributed by atoms with E-state index in [1.807, 2.05) is 44.2 Å². The van der Waals surface area contributed by atoms with Crippen LogP contribution in [-0.2, 0) is 5.41 Å². The van der Waals surface area contributed by atoms with Gasteiger partial charge < -0.3 is 0 Å². The van der Waals surface area contributed by atoms with Crippen LogP contribution in [0, 0.1) is 31.6 Å². The standard InChI is InChI=1S/C29H31N3OS/c1-17-6-5-7-18(2)26(17)28(34)32-31-27(33)25-13-23(22-8-3-4-9-24(22)30-25)29-14-19-10-20(15-29)12-21(11-19)16-29/h3-9,13,19-21H,10-12,14-16H2,1-2H3,(H,31,33)(H,32,34). The van der Waals surface area contributed by atoms with Gasteiger partial charge in [-0.2, -0.15) is 0 Å². The maximum Gasteiger partial charge on any atom is 0.288 e. The molecule has 3 aromatic rings. The number of nitrogens with one attached hydrogen (secondary N) is 2. The van der Waals surface area contributed by atoms with Crippen LogP contribution in [0.1, 0.15) is 71.3 Å². The van der Waals surface area contributed by atoms with Gasteiger partial charge in [0.2, 0.25) is 0 Å². The number of para-hydroxylation sites is 1. The monoisotopic (exact) mass is 469 g/mol. The number of hydrogen-bond donors (Lipinski definition) is 2. The third-order valence-corrected chi connectivity index (χ3v) is 8.86. The molecule has 34 heavy (non-hydrogen) atoms. The number of fused-ring (bicyclic) bond motifs is 1. The Labute approximate surface area is 206 Å². The summed E-state index contributed by atoms with van der Waals surface area (Å²) in [5, 5.41) is 1.21. The molecule has 7 rings (SSSR count). The van der Waals surface area contributed by atoms with Crippen LogP contribution < -0.4 is 10.9 Å². The number of carbonyl (C=O) groups excluding carboxylic acids is 1. The molecule has 4 fully saturated rings. The number of pyridine rings is 1. The molecule has 4 bridgehead atoms. The van der Waals surface area contributed by atoms with Gasteiger partial charge in [0.1, 0.15) is 10.7 Å². The van der Waals surface area contributed by atoms with Crippen molar-refractivity contribution < 1.29 is 4.79 Å². The highest BCUT2D eigenvalue weighted by Gasteiger charge is 2.52. The van der Waals surface area contributed by atoms with Crippen molar-refractivity contribution in [3.63, 3.8) is 0 Å². The van der Waals surface area contributed by atoms with E-state index in [4.69, 9.17) is 17.2 Å². The summed E-state index contributed by atoms with van der Waals surface area (Å²) in [6.45, 7) is 4.06. The van der Waals surface area contributed by atoms with Crippen molar-refractivity contribution >= 4 is 34.0 Å². The lowest BCUT2D eigenvalue weighted by atomic mass is 9.48. The number of rotatable bonds is 3. The van der Waals surface area contributed by atoms with Crippen molar-refractivity contribution in [3.8, 4) is 0 Å². The molecule has 0 radical (unpaired) electrons. The zero-order valence-electron chi connectivity index (χ0n) is 19.9. The van der Waals surface area contributed by atoms with E-state index in [2.05, 4.69) is 29.1 Å². The van der Waals surface area contributed by atoms with Crippen LogP contribution in [0.5, 0.6) is 0 Å². The number of amides is 1. The molecule has 0 unspecified atom stereocenters. The highest BCUT2D eigenvalue weighted by molar-refractivity contribution is 7.80. The molecule has 1 heterocycles. The first-order valence-corrected chi connectivity index (χ1v) is 12.9. The summed E-state index contributed by atoms with van der Waals surface area (Å²) < 4.78 is 0. The van der Waals surface area contributed by atoms with Gasteiger partial charge in [0, 0.05) is 10.9 Å². The summed E-state index contributed by atoms with van der Waals surface area (Å²) in [5.74, 6) is 2.27. The van der Waals surface area contributed by atoms with Gasteiger partial charge in [-0.15, -0.1) is 0 Å². The summed E-state index contributed by atoms with van der Waals surface area (Å²) >= 11 is 5.60. The molecule has 2 N–H and O–H groups in total. The molecular weight excluding hydrogens is 438 g/mol. The van der Waals surface area contributed by atoms with E-state index in [9.17, 15) is 4.79 Å². The Balaban J connectivity index is 1.32. The Morgan fingerprint density at radius 1 is 0.912 bits per heavy atom. The van der Waals surface area contributed by atoms with Crippen LogP contribution in [0.15, 0.2) is 48.5 Å². The summed E-state index contributed by atoms with van der Waals surface area (Å²) in [6, 6.07) is 16.5.